The van der Waals surface area contributed by atoms with Crippen molar-refractivity contribution in [3.63, 3.8) is 0 Å². The second-order valence-electron chi connectivity index (χ2n) is 8.13. The van der Waals surface area contributed by atoms with Gasteiger partial charge in [-0.25, -0.2) is 4.79 Å². The van der Waals surface area contributed by atoms with Crippen LogP contribution in [-0.2, 0) is 4.79 Å². The van der Waals surface area contributed by atoms with Crippen molar-refractivity contribution in [2.75, 3.05) is 23.5 Å². The van der Waals surface area contributed by atoms with Gasteiger partial charge in [0.1, 0.15) is 5.75 Å². The summed E-state index contributed by atoms with van der Waals surface area (Å²) in [5, 5.41) is 16.9. The molecule has 0 aromatic heterocycles. The van der Waals surface area contributed by atoms with Crippen LogP contribution in [0.4, 0.5) is 11.4 Å². The molecule has 2 amide bonds. The molecule has 4 aromatic carbocycles. The maximum atomic E-state index is 13.1. The van der Waals surface area contributed by atoms with Crippen molar-refractivity contribution in [3.05, 3.63) is 94.5 Å². The maximum Gasteiger partial charge on any atom is 0.336 e. The minimum absolute atomic E-state index is 0.0612. The molecule has 0 saturated carbocycles. The topological polar surface area (TPSA) is 105 Å². The van der Waals surface area contributed by atoms with Crippen LogP contribution >= 0.6 is 23.4 Å². The fourth-order valence-electron chi connectivity index (χ4n) is 3.84. The number of halogens is 1. The third-order valence-electron chi connectivity index (χ3n) is 5.60. The Kier molecular flexibility index (Phi) is 8.01. The van der Waals surface area contributed by atoms with Gasteiger partial charge in [-0.1, -0.05) is 41.9 Å². The van der Waals surface area contributed by atoms with Gasteiger partial charge in [-0.2, -0.15) is 0 Å². The molecule has 0 fully saturated rings. The highest BCUT2D eigenvalue weighted by Gasteiger charge is 2.17. The van der Waals surface area contributed by atoms with Gasteiger partial charge < -0.3 is 20.5 Å². The molecule has 0 atom stereocenters. The zero-order valence-electron chi connectivity index (χ0n) is 20.0. The van der Waals surface area contributed by atoms with Crippen molar-refractivity contribution in [1.82, 2.24) is 0 Å². The smallest absolute Gasteiger partial charge is 0.336 e. The second kappa shape index (κ2) is 11.4. The number of fused-ring (bicyclic) bond motifs is 1. The van der Waals surface area contributed by atoms with E-state index in [0.29, 0.717) is 32.9 Å². The van der Waals surface area contributed by atoms with Crippen LogP contribution in [0, 0.1) is 6.92 Å². The molecule has 4 aromatic rings. The van der Waals surface area contributed by atoms with Gasteiger partial charge in [0.05, 0.1) is 24.1 Å². The van der Waals surface area contributed by atoms with Gasteiger partial charge >= 0.3 is 5.97 Å². The number of carbonyl (C=O) groups is 3. The normalized spacial score (nSPS) is 10.7. The van der Waals surface area contributed by atoms with Crippen molar-refractivity contribution < 1.29 is 24.2 Å². The van der Waals surface area contributed by atoms with Gasteiger partial charge in [0.2, 0.25) is 5.91 Å². The number of anilines is 2. The number of carbonyl (C=O) groups excluding carboxylic acids is 2. The average Bonchev–Trinajstić information content (AvgIpc) is 2.88. The number of methoxy groups -OCH3 is 1. The van der Waals surface area contributed by atoms with Crippen LogP contribution in [-0.4, -0.2) is 35.8 Å². The summed E-state index contributed by atoms with van der Waals surface area (Å²) >= 11 is 7.44. The summed E-state index contributed by atoms with van der Waals surface area (Å²) in [6.45, 7) is 1.84. The molecule has 0 spiro atoms. The second-order valence-corrected chi connectivity index (χ2v) is 9.59. The first-order chi connectivity index (χ1) is 17.8. The monoisotopic (exact) mass is 534 g/mol. The Labute approximate surface area is 222 Å². The fourth-order valence-corrected chi connectivity index (χ4v) is 4.74. The summed E-state index contributed by atoms with van der Waals surface area (Å²) in [6, 6.07) is 20.5. The predicted octanol–water partition coefficient (Wildman–Crippen LogP) is 6.49. The van der Waals surface area contributed by atoms with E-state index >= 15 is 0 Å². The highest BCUT2D eigenvalue weighted by atomic mass is 35.5. The van der Waals surface area contributed by atoms with E-state index in [1.165, 1.54) is 24.9 Å². The molecule has 37 heavy (non-hydrogen) atoms. The highest BCUT2D eigenvalue weighted by molar-refractivity contribution is 8.00. The minimum Gasteiger partial charge on any atom is -0.495 e. The number of rotatable bonds is 8. The number of carboxylic acid groups (broad SMARTS) is 1. The van der Waals surface area contributed by atoms with E-state index < -0.39 is 11.9 Å². The third-order valence-corrected chi connectivity index (χ3v) is 7.00. The molecule has 0 saturated heterocycles. The lowest BCUT2D eigenvalue weighted by Crippen LogP contribution is -2.15. The van der Waals surface area contributed by atoms with Crippen molar-refractivity contribution in [2.45, 2.75) is 11.8 Å². The number of thioether (sulfide) groups is 1. The third kappa shape index (κ3) is 6.04. The number of ether oxygens (including phenoxy) is 1. The van der Waals surface area contributed by atoms with Gasteiger partial charge in [-0.3, -0.25) is 9.59 Å². The molecule has 4 rings (SSSR count). The Morgan fingerprint density at radius 2 is 1.65 bits per heavy atom. The predicted molar refractivity (Wildman–Crippen MR) is 147 cm³/mol. The van der Waals surface area contributed by atoms with E-state index in [2.05, 4.69) is 10.6 Å². The lowest BCUT2D eigenvalue weighted by Gasteiger charge is -2.13. The van der Waals surface area contributed by atoms with E-state index in [-0.39, 0.29) is 22.8 Å². The number of aryl methyl sites for hydroxylation is 1. The molecule has 9 heteroatoms. The molecule has 3 N–H and O–H groups in total. The quantitative estimate of drug-likeness (QED) is 0.223. The molecular weight excluding hydrogens is 512 g/mol. The van der Waals surface area contributed by atoms with Crippen molar-refractivity contribution in [2.24, 2.45) is 0 Å². The summed E-state index contributed by atoms with van der Waals surface area (Å²) in [7, 11) is 1.51. The number of aromatic carboxylic acids is 1. The number of hydrogen-bond donors (Lipinski definition) is 3. The lowest BCUT2D eigenvalue weighted by atomic mass is 9.98. The molecule has 7 nitrogen and oxygen atoms in total. The van der Waals surface area contributed by atoms with E-state index in [1.54, 1.807) is 60.7 Å². The first-order valence-electron chi connectivity index (χ1n) is 11.2. The van der Waals surface area contributed by atoms with Crippen molar-refractivity contribution >= 4 is 63.3 Å². The zero-order valence-corrected chi connectivity index (χ0v) is 21.6. The Bertz CT molecular complexity index is 1520. The summed E-state index contributed by atoms with van der Waals surface area (Å²) < 4.78 is 5.30. The van der Waals surface area contributed by atoms with Crippen LogP contribution in [0.3, 0.4) is 0 Å². The summed E-state index contributed by atoms with van der Waals surface area (Å²) in [4.78, 5) is 38.2. The fraction of sp³-hybridized carbons (Fsp3) is 0.107. The van der Waals surface area contributed by atoms with Gasteiger partial charge in [-0.15, -0.1) is 11.8 Å². The van der Waals surface area contributed by atoms with Crippen LogP contribution in [0.5, 0.6) is 5.75 Å². The van der Waals surface area contributed by atoms with Gasteiger partial charge in [0.25, 0.3) is 5.91 Å². The molecule has 0 aliphatic rings. The first kappa shape index (κ1) is 26.1. The molecule has 0 aliphatic carbocycles. The van der Waals surface area contributed by atoms with Crippen LogP contribution < -0.4 is 15.4 Å². The van der Waals surface area contributed by atoms with Crippen molar-refractivity contribution in [3.8, 4) is 5.75 Å². The molecule has 0 radical (unpaired) electrons. The van der Waals surface area contributed by atoms with Crippen LogP contribution in [0.2, 0.25) is 5.02 Å². The summed E-state index contributed by atoms with van der Waals surface area (Å²) in [5.74, 6) is -1.15. The van der Waals surface area contributed by atoms with Gasteiger partial charge in [0, 0.05) is 32.6 Å². The Morgan fingerprint density at radius 1 is 0.946 bits per heavy atom. The van der Waals surface area contributed by atoms with Gasteiger partial charge in [-0.05, 0) is 54.3 Å². The minimum atomic E-state index is -1.10. The lowest BCUT2D eigenvalue weighted by molar-refractivity contribution is -0.113. The first-order valence-corrected chi connectivity index (χ1v) is 12.6. The highest BCUT2D eigenvalue weighted by Crippen LogP contribution is 2.31. The van der Waals surface area contributed by atoms with Crippen LogP contribution in [0.15, 0.2) is 77.7 Å². The Balaban J connectivity index is 1.46. The van der Waals surface area contributed by atoms with Crippen LogP contribution in [0.1, 0.15) is 26.3 Å². The molecule has 0 heterocycles. The van der Waals surface area contributed by atoms with E-state index in [0.717, 1.165) is 10.5 Å². The number of amides is 2. The molecular formula is C28H23ClN2O5S. The number of carboxylic acids is 1. The number of benzene rings is 4. The molecule has 0 aliphatic heterocycles. The van der Waals surface area contributed by atoms with Gasteiger partial charge in [0.15, 0.2) is 0 Å². The molecule has 0 unspecified atom stereocenters. The SMILES string of the molecule is COc1cc(Cl)c(C)cc1NC(=O)CSc1cccc(NC(=O)c2cccc3cccc(C(=O)O)c23)c1. The number of hydrogen-bond acceptors (Lipinski definition) is 5. The average molecular weight is 535 g/mol. The van der Waals surface area contributed by atoms with Crippen LogP contribution in [0.25, 0.3) is 10.8 Å². The molecule has 188 valence electrons. The largest absolute Gasteiger partial charge is 0.495 e. The standard InChI is InChI=1S/C28H23ClN2O5S/c1-16-12-23(24(36-2)14-22(16)29)31-25(32)15-37-19-9-5-8-18(13-19)30-27(33)20-10-3-6-17-7-4-11-21(26(17)20)28(34)35/h3-14H,15H2,1-2H3,(H,30,33)(H,31,32)(H,34,35). The van der Waals surface area contributed by atoms with Crippen molar-refractivity contribution in [1.29, 1.82) is 0 Å². The Hall–Kier alpha value is -4.01. The van der Waals surface area contributed by atoms with E-state index in [1.807, 2.05) is 13.0 Å². The van der Waals surface area contributed by atoms with E-state index in [9.17, 15) is 19.5 Å². The number of nitrogens with one attached hydrogen (secondary N) is 2. The zero-order chi connectivity index (χ0) is 26.5. The summed E-state index contributed by atoms with van der Waals surface area (Å²) in [6.07, 6.45) is 0. The summed E-state index contributed by atoms with van der Waals surface area (Å²) in [5.41, 5.74) is 2.20. The van der Waals surface area contributed by atoms with E-state index in [4.69, 9.17) is 16.3 Å². The Morgan fingerprint density at radius 3 is 2.35 bits per heavy atom. The molecule has 0 bridgehead atoms. The maximum absolute atomic E-state index is 13.1.